The second-order valence-electron chi connectivity index (χ2n) is 9.23. The van der Waals surface area contributed by atoms with E-state index in [0.717, 1.165) is 16.4 Å². The predicted octanol–water partition coefficient (Wildman–Crippen LogP) is 4.26. The third-order valence-electron chi connectivity index (χ3n) is 6.56. The first kappa shape index (κ1) is 23.4. The van der Waals surface area contributed by atoms with Crippen LogP contribution in [0.15, 0.2) is 47.4 Å². The first-order valence-corrected chi connectivity index (χ1v) is 13.0. The molecule has 1 N–H and O–H groups in total. The van der Waals surface area contributed by atoms with Crippen molar-refractivity contribution in [2.24, 2.45) is 0 Å². The van der Waals surface area contributed by atoms with E-state index in [4.69, 9.17) is 0 Å². The number of sulfonamides is 1. The van der Waals surface area contributed by atoms with E-state index in [2.05, 4.69) is 17.3 Å². The van der Waals surface area contributed by atoms with Crippen LogP contribution in [0.2, 0.25) is 0 Å². The molecule has 0 saturated heterocycles. The fraction of sp³-hybridized carbons (Fsp3) is 0.440. The quantitative estimate of drug-likeness (QED) is 0.683. The van der Waals surface area contributed by atoms with Crippen molar-refractivity contribution in [3.63, 3.8) is 0 Å². The molecule has 0 atom stereocenters. The van der Waals surface area contributed by atoms with Gasteiger partial charge in [-0.2, -0.15) is 0 Å². The van der Waals surface area contributed by atoms with Gasteiger partial charge in [0.05, 0.1) is 5.56 Å². The molecule has 0 aromatic heterocycles. The Labute approximate surface area is 195 Å². The maximum absolute atomic E-state index is 13.0. The first-order valence-electron chi connectivity index (χ1n) is 11.5. The van der Waals surface area contributed by atoms with Crippen molar-refractivity contribution in [1.29, 1.82) is 0 Å². The highest BCUT2D eigenvalue weighted by Gasteiger charge is 2.43. The summed E-state index contributed by atoms with van der Waals surface area (Å²) < 4.78 is 26.6. The zero-order valence-electron chi connectivity index (χ0n) is 19.4. The molecule has 2 aromatic rings. The lowest BCUT2D eigenvalue weighted by Crippen LogP contribution is -2.36. The van der Waals surface area contributed by atoms with Gasteiger partial charge in [0, 0.05) is 29.9 Å². The maximum atomic E-state index is 13.0. The Morgan fingerprint density at radius 1 is 1.12 bits per heavy atom. The number of rotatable bonds is 6. The van der Waals surface area contributed by atoms with E-state index in [1.54, 1.807) is 13.8 Å². The van der Waals surface area contributed by atoms with E-state index in [-0.39, 0.29) is 16.0 Å². The average Bonchev–Trinajstić information content (AvgIpc) is 3.00. The maximum Gasteiger partial charge on any atom is 0.269 e. The van der Waals surface area contributed by atoms with Crippen molar-refractivity contribution in [3.8, 4) is 0 Å². The predicted molar refractivity (Wildman–Crippen MR) is 128 cm³/mol. The van der Waals surface area contributed by atoms with E-state index in [9.17, 15) is 18.0 Å². The lowest BCUT2D eigenvalue weighted by molar-refractivity contribution is 0.0846. The monoisotopic (exact) mass is 469 g/mol. The topological polar surface area (TPSA) is 86.8 Å². The van der Waals surface area contributed by atoms with Crippen LogP contribution in [0.4, 0.5) is 5.69 Å². The van der Waals surface area contributed by atoms with Crippen LogP contribution in [-0.4, -0.2) is 48.6 Å². The number of amides is 2. The summed E-state index contributed by atoms with van der Waals surface area (Å²) in [5.74, 6) is -0.959. The minimum atomic E-state index is -3.96. The van der Waals surface area contributed by atoms with Crippen LogP contribution < -0.4 is 5.32 Å². The number of carbonyl (C=O) groups excluding carboxylic acids is 2. The Morgan fingerprint density at radius 2 is 1.82 bits per heavy atom. The number of nitrogens with one attached hydrogen (secondary N) is 1. The summed E-state index contributed by atoms with van der Waals surface area (Å²) in [6.07, 6.45) is 6.20. The van der Waals surface area contributed by atoms with Crippen LogP contribution in [-0.2, 0) is 16.6 Å². The van der Waals surface area contributed by atoms with Gasteiger partial charge in [0.25, 0.3) is 21.8 Å². The molecule has 1 aliphatic heterocycles. The van der Waals surface area contributed by atoms with Crippen LogP contribution in [0.1, 0.15) is 72.2 Å². The average molecular weight is 470 g/mol. The van der Waals surface area contributed by atoms with Crippen molar-refractivity contribution in [3.05, 3.63) is 59.2 Å². The number of hydrogen-bond donors (Lipinski definition) is 1. The largest absolute Gasteiger partial charge is 0.322 e. The van der Waals surface area contributed by atoms with E-state index in [0.29, 0.717) is 11.7 Å². The third kappa shape index (κ3) is 4.54. The highest BCUT2D eigenvalue weighted by Crippen LogP contribution is 2.33. The number of benzene rings is 2. The van der Waals surface area contributed by atoms with Gasteiger partial charge in [0.1, 0.15) is 4.90 Å². The molecule has 0 unspecified atom stereocenters. The smallest absolute Gasteiger partial charge is 0.269 e. The van der Waals surface area contributed by atoms with Crippen LogP contribution in [0.25, 0.3) is 0 Å². The number of para-hydroxylation sites is 1. The van der Waals surface area contributed by atoms with Gasteiger partial charge in [-0.3, -0.25) is 14.5 Å². The van der Waals surface area contributed by atoms with Gasteiger partial charge in [-0.05, 0) is 63.6 Å². The molecule has 7 nitrogen and oxygen atoms in total. The molecule has 8 heteroatoms. The van der Waals surface area contributed by atoms with Gasteiger partial charge in [-0.15, -0.1) is 0 Å². The van der Waals surface area contributed by atoms with Gasteiger partial charge in [-0.1, -0.05) is 37.5 Å². The summed E-state index contributed by atoms with van der Waals surface area (Å²) in [5, 5.41) is 2.94. The molecule has 0 bridgehead atoms. The molecule has 176 valence electrons. The molecule has 1 saturated carbocycles. The molecule has 2 amide bonds. The van der Waals surface area contributed by atoms with Gasteiger partial charge in [0.15, 0.2) is 0 Å². The molecule has 2 aliphatic rings. The fourth-order valence-electron chi connectivity index (χ4n) is 4.79. The molecule has 33 heavy (non-hydrogen) atoms. The highest BCUT2D eigenvalue weighted by atomic mass is 32.2. The summed E-state index contributed by atoms with van der Waals surface area (Å²) in [6.45, 7) is 4.02. The molecule has 2 aromatic carbocycles. The highest BCUT2D eigenvalue weighted by molar-refractivity contribution is 7.90. The van der Waals surface area contributed by atoms with Gasteiger partial charge in [-0.25, -0.2) is 12.7 Å². The van der Waals surface area contributed by atoms with Crippen molar-refractivity contribution in [1.82, 2.24) is 9.21 Å². The van der Waals surface area contributed by atoms with E-state index >= 15 is 0 Å². The molecule has 0 radical (unpaired) electrons. The fourth-order valence-corrected chi connectivity index (χ4v) is 6.59. The molecule has 4 rings (SSSR count). The summed E-state index contributed by atoms with van der Waals surface area (Å²) in [6, 6.07) is 12.0. The van der Waals surface area contributed by atoms with Crippen molar-refractivity contribution >= 4 is 27.5 Å². The Hall–Kier alpha value is -2.71. The minimum Gasteiger partial charge on any atom is -0.322 e. The molecular formula is C25H31N3O4S. The number of hydrogen-bond acceptors (Lipinski definition) is 5. The van der Waals surface area contributed by atoms with E-state index < -0.39 is 27.9 Å². The Bertz CT molecular complexity index is 1170. The van der Waals surface area contributed by atoms with Gasteiger partial charge < -0.3 is 5.32 Å². The standard InChI is InChI=1S/C25H31N3O4S/c1-17(2)28-25(30)21-14-13-18(15-23(21)33(28,31)32)24(29)26-22-12-8-7-9-19(22)16-27(3)20-10-5-4-6-11-20/h7-9,12-15,17,20H,4-6,10-11,16H2,1-3H3,(H,26,29). The summed E-state index contributed by atoms with van der Waals surface area (Å²) in [5.41, 5.74) is 2.02. The second kappa shape index (κ2) is 9.27. The van der Waals surface area contributed by atoms with Crippen LogP contribution in [0.5, 0.6) is 0 Å². The number of carbonyl (C=O) groups is 2. The van der Waals surface area contributed by atoms with Crippen LogP contribution in [0, 0.1) is 0 Å². The number of nitrogens with zero attached hydrogens (tertiary/aromatic N) is 2. The molecule has 1 heterocycles. The first-order chi connectivity index (χ1) is 15.7. The normalized spacial score (nSPS) is 18.1. The Morgan fingerprint density at radius 3 is 2.52 bits per heavy atom. The zero-order chi connectivity index (χ0) is 23.8. The van der Waals surface area contributed by atoms with Crippen molar-refractivity contribution in [2.75, 3.05) is 12.4 Å². The SMILES string of the molecule is CC(C)N1C(=O)c2ccc(C(=O)Nc3ccccc3CN(C)C3CCCCC3)cc2S1(=O)=O. The lowest BCUT2D eigenvalue weighted by Gasteiger charge is -2.31. The molecule has 1 aliphatic carbocycles. The van der Waals surface area contributed by atoms with Crippen molar-refractivity contribution in [2.45, 2.75) is 69.5 Å². The molecule has 0 spiro atoms. The molecule has 1 fully saturated rings. The van der Waals surface area contributed by atoms with E-state index in [1.165, 1.54) is 50.3 Å². The van der Waals surface area contributed by atoms with Gasteiger partial charge in [0.2, 0.25) is 0 Å². The summed E-state index contributed by atoms with van der Waals surface area (Å²) in [4.78, 5) is 27.8. The van der Waals surface area contributed by atoms with Gasteiger partial charge >= 0.3 is 0 Å². The number of fused-ring (bicyclic) bond motifs is 1. The molecular weight excluding hydrogens is 438 g/mol. The number of anilines is 1. The minimum absolute atomic E-state index is 0.106. The van der Waals surface area contributed by atoms with Crippen molar-refractivity contribution < 1.29 is 18.0 Å². The lowest BCUT2D eigenvalue weighted by atomic mass is 9.94. The second-order valence-corrected chi connectivity index (χ2v) is 11.0. The summed E-state index contributed by atoms with van der Waals surface area (Å²) in [7, 11) is -1.84. The van der Waals surface area contributed by atoms with E-state index in [1.807, 2.05) is 24.3 Å². The Balaban J connectivity index is 1.55. The Kier molecular flexibility index (Phi) is 6.59. The third-order valence-corrected chi connectivity index (χ3v) is 8.56. The van der Waals surface area contributed by atoms with Crippen LogP contribution in [0.3, 0.4) is 0 Å². The summed E-state index contributed by atoms with van der Waals surface area (Å²) >= 11 is 0. The zero-order valence-corrected chi connectivity index (χ0v) is 20.2. The van der Waals surface area contributed by atoms with Crippen LogP contribution >= 0.6 is 0 Å².